The number of amidine groups is 1. The summed E-state index contributed by atoms with van der Waals surface area (Å²) in [6, 6.07) is 13.5. The van der Waals surface area contributed by atoms with Crippen molar-refractivity contribution >= 4 is 29.0 Å². The van der Waals surface area contributed by atoms with Crippen LogP contribution >= 0.6 is 23.2 Å². The summed E-state index contributed by atoms with van der Waals surface area (Å²) < 4.78 is 13.9. The molecule has 0 bridgehead atoms. The lowest BCUT2D eigenvalue weighted by Crippen LogP contribution is -2.15. The van der Waals surface area contributed by atoms with Crippen LogP contribution in [0.3, 0.4) is 0 Å². The Hall–Kier alpha value is -2.76. The summed E-state index contributed by atoms with van der Waals surface area (Å²) in [4.78, 5) is 0. The van der Waals surface area contributed by atoms with Crippen molar-refractivity contribution in [2.45, 2.75) is 0 Å². The number of nitrogens with two attached hydrogens (primary N) is 1. The van der Waals surface area contributed by atoms with Crippen molar-refractivity contribution in [1.82, 2.24) is 0 Å². The van der Waals surface area contributed by atoms with Crippen molar-refractivity contribution < 1.29 is 14.7 Å². The zero-order valence-electron chi connectivity index (χ0n) is 13.2. The summed E-state index contributed by atoms with van der Waals surface area (Å²) in [5.74, 6) is -0.581. The van der Waals surface area contributed by atoms with Crippen LogP contribution in [0.15, 0.2) is 59.8 Å². The first-order chi connectivity index (χ1) is 12.4. The Kier molecular flexibility index (Phi) is 5.02. The SMILES string of the molecule is N/C(=N\O)c1cc(Cl)cc(-c2ccc(O)cc2)c1-c1cc(F)ccc1Cl. The van der Waals surface area contributed by atoms with E-state index < -0.39 is 5.82 Å². The summed E-state index contributed by atoms with van der Waals surface area (Å²) in [5, 5.41) is 22.4. The van der Waals surface area contributed by atoms with Crippen LogP contribution in [-0.4, -0.2) is 16.1 Å². The first-order valence-electron chi connectivity index (χ1n) is 7.47. The predicted octanol–water partition coefficient (Wildman–Crippen LogP) is 5.27. The first-order valence-corrected chi connectivity index (χ1v) is 8.22. The van der Waals surface area contributed by atoms with Crippen molar-refractivity contribution in [2.24, 2.45) is 10.9 Å². The molecule has 0 aromatic heterocycles. The summed E-state index contributed by atoms with van der Waals surface area (Å²) in [6.07, 6.45) is 0. The fourth-order valence-electron chi connectivity index (χ4n) is 2.71. The third kappa shape index (κ3) is 3.45. The second-order valence-electron chi connectivity index (χ2n) is 5.53. The maximum absolute atomic E-state index is 13.9. The normalized spacial score (nSPS) is 11.6. The predicted molar refractivity (Wildman–Crippen MR) is 101 cm³/mol. The highest BCUT2D eigenvalue weighted by Gasteiger charge is 2.19. The van der Waals surface area contributed by atoms with Crippen molar-refractivity contribution in [1.29, 1.82) is 0 Å². The Morgan fingerprint density at radius 2 is 1.65 bits per heavy atom. The van der Waals surface area contributed by atoms with Gasteiger partial charge in [-0.25, -0.2) is 4.39 Å². The highest BCUT2D eigenvalue weighted by atomic mass is 35.5. The van der Waals surface area contributed by atoms with Crippen LogP contribution in [-0.2, 0) is 0 Å². The lowest BCUT2D eigenvalue weighted by atomic mass is 9.90. The van der Waals surface area contributed by atoms with Gasteiger partial charge in [0.05, 0.1) is 0 Å². The highest BCUT2D eigenvalue weighted by Crippen LogP contribution is 2.41. The number of hydrogen-bond donors (Lipinski definition) is 3. The Balaban J connectivity index is 2.42. The molecular formula is C19H13Cl2FN2O2. The monoisotopic (exact) mass is 390 g/mol. The topological polar surface area (TPSA) is 78.8 Å². The average molecular weight is 391 g/mol. The van der Waals surface area contributed by atoms with Crippen LogP contribution in [0.2, 0.25) is 10.0 Å². The number of nitrogens with zero attached hydrogens (tertiary/aromatic N) is 1. The molecule has 0 aliphatic heterocycles. The molecular weight excluding hydrogens is 378 g/mol. The molecule has 0 radical (unpaired) electrons. The molecule has 0 amide bonds. The van der Waals surface area contributed by atoms with Gasteiger partial charge in [0, 0.05) is 26.7 Å². The molecule has 3 aromatic rings. The minimum atomic E-state index is -0.485. The number of halogens is 3. The van der Waals surface area contributed by atoms with Gasteiger partial charge in [-0.15, -0.1) is 0 Å². The van der Waals surface area contributed by atoms with Crippen LogP contribution in [0, 0.1) is 5.82 Å². The quantitative estimate of drug-likeness (QED) is 0.246. The lowest BCUT2D eigenvalue weighted by Gasteiger charge is -2.17. The second-order valence-corrected chi connectivity index (χ2v) is 6.38. The van der Waals surface area contributed by atoms with Crippen LogP contribution in [0.5, 0.6) is 5.75 Å². The molecule has 132 valence electrons. The third-order valence-electron chi connectivity index (χ3n) is 3.86. The van der Waals surface area contributed by atoms with Gasteiger partial charge in [-0.3, -0.25) is 0 Å². The number of hydrogen-bond acceptors (Lipinski definition) is 3. The summed E-state index contributed by atoms with van der Waals surface area (Å²) >= 11 is 12.5. The molecule has 0 fully saturated rings. The average Bonchev–Trinajstić information content (AvgIpc) is 2.63. The van der Waals surface area contributed by atoms with Crippen molar-refractivity contribution in [3.8, 4) is 28.0 Å². The number of rotatable bonds is 3. The van der Waals surface area contributed by atoms with Gasteiger partial charge >= 0.3 is 0 Å². The molecule has 4 N–H and O–H groups in total. The third-order valence-corrected chi connectivity index (χ3v) is 4.41. The number of phenolic OH excluding ortho intramolecular Hbond substituents is 1. The minimum Gasteiger partial charge on any atom is -0.508 e. The van der Waals surface area contributed by atoms with Crippen LogP contribution in [0.25, 0.3) is 22.3 Å². The molecule has 7 heteroatoms. The Bertz CT molecular complexity index is 1010. The van der Waals surface area contributed by atoms with E-state index in [1.54, 1.807) is 18.2 Å². The van der Waals surface area contributed by atoms with E-state index >= 15 is 0 Å². The van der Waals surface area contributed by atoms with Gasteiger partial charge < -0.3 is 16.0 Å². The van der Waals surface area contributed by atoms with Gasteiger partial charge in [-0.2, -0.15) is 0 Å². The highest BCUT2D eigenvalue weighted by molar-refractivity contribution is 6.34. The number of benzene rings is 3. The standard InChI is InChI=1S/C19H13Cl2FN2O2/c20-11-7-14(10-1-4-13(25)5-2-10)18(16(8-11)19(23)24-26)15-9-12(22)3-6-17(15)21/h1-9,25-26H,(H2,23,24). The van der Waals surface area contributed by atoms with Crippen molar-refractivity contribution in [3.63, 3.8) is 0 Å². The zero-order chi connectivity index (χ0) is 18.8. The zero-order valence-corrected chi connectivity index (χ0v) is 14.8. The van der Waals surface area contributed by atoms with Crippen LogP contribution < -0.4 is 5.73 Å². The lowest BCUT2D eigenvalue weighted by molar-refractivity contribution is 0.318. The minimum absolute atomic E-state index is 0.0952. The van der Waals surface area contributed by atoms with Gasteiger partial charge in [0.25, 0.3) is 0 Å². The van der Waals surface area contributed by atoms with E-state index in [9.17, 15) is 9.50 Å². The van der Waals surface area contributed by atoms with E-state index in [2.05, 4.69) is 5.16 Å². The molecule has 0 aliphatic rings. The molecule has 26 heavy (non-hydrogen) atoms. The van der Waals surface area contributed by atoms with E-state index in [1.165, 1.54) is 36.4 Å². The van der Waals surface area contributed by atoms with Gasteiger partial charge in [0.15, 0.2) is 5.84 Å². The van der Waals surface area contributed by atoms with Crippen LogP contribution in [0.1, 0.15) is 5.56 Å². The van der Waals surface area contributed by atoms with E-state index in [4.69, 9.17) is 34.1 Å². The Labute approximate surface area is 158 Å². The second kappa shape index (κ2) is 7.23. The van der Waals surface area contributed by atoms with Gasteiger partial charge in [0.2, 0.25) is 0 Å². The molecule has 0 unspecified atom stereocenters. The van der Waals surface area contributed by atoms with Crippen LogP contribution in [0.4, 0.5) is 4.39 Å². The molecule has 0 aliphatic carbocycles. The van der Waals surface area contributed by atoms with E-state index in [1.807, 2.05) is 0 Å². The van der Waals surface area contributed by atoms with Crippen molar-refractivity contribution in [2.75, 3.05) is 0 Å². The smallest absolute Gasteiger partial charge is 0.170 e. The Morgan fingerprint density at radius 3 is 2.31 bits per heavy atom. The maximum Gasteiger partial charge on any atom is 0.170 e. The van der Waals surface area contributed by atoms with E-state index in [0.29, 0.717) is 37.9 Å². The summed E-state index contributed by atoms with van der Waals surface area (Å²) in [6.45, 7) is 0. The van der Waals surface area contributed by atoms with Crippen molar-refractivity contribution in [3.05, 3.63) is 76.0 Å². The fraction of sp³-hybridized carbons (Fsp3) is 0. The molecule has 0 atom stereocenters. The van der Waals surface area contributed by atoms with Gasteiger partial charge in [0.1, 0.15) is 11.6 Å². The number of oxime groups is 1. The number of aromatic hydroxyl groups is 1. The Morgan fingerprint density at radius 1 is 0.962 bits per heavy atom. The molecule has 0 heterocycles. The maximum atomic E-state index is 13.9. The molecule has 4 nitrogen and oxygen atoms in total. The molecule has 0 saturated heterocycles. The summed E-state index contributed by atoms with van der Waals surface area (Å²) in [5.41, 5.74) is 8.23. The molecule has 0 saturated carbocycles. The number of phenols is 1. The van der Waals surface area contributed by atoms with Gasteiger partial charge in [-0.1, -0.05) is 40.5 Å². The largest absolute Gasteiger partial charge is 0.508 e. The van der Waals surface area contributed by atoms with Gasteiger partial charge in [-0.05, 0) is 53.6 Å². The van der Waals surface area contributed by atoms with E-state index in [-0.39, 0.29) is 11.6 Å². The molecule has 3 aromatic carbocycles. The molecule has 3 rings (SSSR count). The summed E-state index contributed by atoms with van der Waals surface area (Å²) in [7, 11) is 0. The first kappa shape index (κ1) is 18.0. The molecule has 0 spiro atoms. The van der Waals surface area contributed by atoms with E-state index in [0.717, 1.165) is 0 Å². The fourth-order valence-corrected chi connectivity index (χ4v) is 3.14.